The number of amides is 1. The van der Waals surface area contributed by atoms with Crippen LogP contribution in [0.15, 0.2) is 23.0 Å². The first kappa shape index (κ1) is 17.7. The van der Waals surface area contributed by atoms with Gasteiger partial charge < -0.3 is 14.2 Å². The molecule has 1 amide bonds. The quantitative estimate of drug-likeness (QED) is 0.814. The van der Waals surface area contributed by atoms with Gasteiger partial charge in [-0.3, -0.25) is 9.78 Å². The van der Waals surface area contributed by atoms with Gasteiger partial charge in [0.25, 0.3) is 0 Å². The maximum Gasteiger partial charge on any atom is 0.223 e. The number of hydrogen-bond acceptors (Lipinski definition) is 5. The van der Waals surface area contributed by atoms with E-state index in [1.807, 2.05) is 18.7 Å². The predicted octanol–water partition coefficient (Wildman–Crippen LogP) is 3.34. The largest absolute Gasteiger partial charge is 0.487 e. The predicted molar refractivity (Wildman–Crippen MR) is 93.8 cm³/mol. The number of aryl methyl sites for hydroxylation is 2. The van der Waals surface area contributed by atoms with Gasteiger partial charge in [-0.2, -0.15) is 0 Å². The number of likely N-dealkylation sites (tertiary alicyclic amines) is 1. The zero-order chi connectivity index (χ0) is 17.8. The van der Waals surface area contributed by atoms with E-state index in [1.165, 1.54) is 0 Å². The van der Waals surface area contributed by atoms with Crippen LogP contribution in [0, 0.1) is 13.8 Å². The lowest BCUT2D eigenvalue weighted by Crippen LogP contribution is -2.44. The number of carbonyl (C=O) groups is 1. The molecule has 2 aromatic rings. The van der Waals surface area contributed by atoms with Gasteiger partial charge in [0, 0.05) is 37.0 Å². The zero-order valence-corrected chi connectivity index (χ0v) is 15.3. The Morgan fingerprint density at radius 1 is 1.48 bits per heavy atom. The summed E-state index contributed by atoms with van der Waals surface area (Å²) in [5.41, 5.74) is 1.89. The number of hydrogen-bond donors (Lipinski definition) is 0. The summed E-state index contributed by atoms with van der Waals surface area (Å²) in [7, 11) is 0. The molecule has 7 heteroatoms. The van der Waals surface area contributed by atoms with Gasteiger partial charge in [0.15, 0.2) is 0 Å². The molecule has 6 nitrogen and oxygen atoms in total. The van der Waals surface area contributed by atoms with Crippen molar-refractivity contribution in [3.8, 4) is 5.75 Å². The molecule has 1 unspecified atom stereocenters. The van der Waals surface area contributed by atoms with E-state index in [2.05, 4.69) is 10.1 Å². The average molecular weight is 364 g/mol. The Morgan fingerprint density at radius 3 is 3.04 bits per heavy atom. The van der Waals surface area contributed by atoms with E-state index in [-0.39, 0.29) is 12.0 Å². The van der Waals surface area contributed by atoms with Crippen molar-refractivity contribution in [2.24, 2.45) is 0 Å². The third-order valence-electron chi connectivity index (χ3n) is 4.53. The molecule has 0 aromatic carbocycles. The first-order chi connectivity index (χ1) is 12.0. The minimum absolute atomic E-state index is 0.0448. The highest BCUT2D eigenvalue weighted by Gasteiger charge is 2.25. The van der Waals surface area contributed by atoms with Crippen molar-refractivity contribution in [3.05, 3.63) is 40.5 Å². The molecule has 0 bridgehead atoms. The van der Waals surface area contributed by atoms with Gasteiger partial charge in [0.1, 0.15) is 22.6 Å². The Kier molecular flexibility index (Phi) is 5.58. The summed E-state index contributed by atoms with van der Waals surface area (Å²) < 4.78 is 11.1. The topological polar surface area (TPSA) is 68.5 Å². The number of aromatic nitrogens is 2. The lowest BCUT2D eigenvalue weighted by Gasteiger charge is -2.33. The van der Waals surface area contributed by atoms with E-state index >= 15 is 0 Å². The van der Waals surface area contributed by atoms with Crippen molar-refractivity contribution < 1.29 is 14.1 Å². The summed E-state index contributed by atoms with van der Waals surface area (Å²) in [6, 6.07) is 1.75. The second kappa shape index (κ2) is 7.87. The van der Waals surface area contributed by atoms with Crippen LogP contribution in [0.3, 0.4) is 0 Å². The van der Waals surface area contributed by atoms with Gasteiger partial charge in [0.05, 0.1) is 12.2 Å². The maximum atomic E-state index is 12.6. The van der Waals surface area contributed by atoms with Gasteiger partial charge in [-0.05, 0) is 33.1 Å². The van der Waals surface area contributed by atoms with E-state index in [1.54, 1.807) is 18.5 Å². The molecule has 1 saturated heterocycles. The Morgan fingerprint density at radius 2 is 2.32 bits per heavy atom. The van der Waals surface area contributed by atoms with Crippen LogP contribution in [0.5, 0.6) is 5.75 Å². The van der Waals surface area contributed by atoms with Crippen molar-refractivity contribution in [1.29, 1.82) is 0 Å². The molecule has 3 rings (SSSR count). The molecule has 3 heterocycles. The Balaban J connectivity index is 1.55. The number of rotatable bonds is 5. The number of piperidine rings is 1. The maximum absolute atomic E-state index is 12.6. The molecule has 0 saturated carbocycles. The van der Waals surface area contributed by atoms with Gasteiger partial charge in [-0.1, -0.05) is 16.8 Å². The van der Waals surface area contributed by atoms with Crippen molar-refractivity contribution in [3.63, 3.8) is 0 Å². The van der Waals surface area contributed by atoms with Gasteiger partial charge in [-0.25, -0.2) is 0 Å². The molecule has 0 N–H and O–H groups in total. The van der Waals surface area contributed by atoms with Gasteiger partial charge in [0.2, 0.25) is 5.91 Å². The number of halogens is 1. The summed E-state index contributed by atoms with van der Waals surface area (Å²) in [5.74, 6) is 1.54. The zero-order valence-electron chi connectivity index (χ0n) is 14.5. The van der Waals surface area contributed by atoms with Crippen LogP contribution in [-0.2, 0) is 11.2 Å². The smallest absolute Gasteiger partial charge is 0.223 e. The summed E-state index contributed by atoms with van der Waals surface area (Å²) >= 11 is 6.10. The number of ether oxygens (including phenoxy) is 1. The molecular weight excluding hydrogens is 342 g/mol. The highest BCUT2D eigenvalue weighted by molar-refractivity contribution is 6.31. The van der Waals surface area contributed by atoms with E-state index in [9.17, 15) is 4.79 Å². The molecule has 0 radical (unpaired) electrons. The molecule has 2 aromatic heterocycles. The SMILES string of the molecule is Cc1noc(C)c1CCC(=O)N1CCCC(Oc2ccncc2Cl)C1. The fourth-order valence-corrected chi connectivity index (χ4v) is 3.31. The van der Waals surface area contributed by atoms with Crippen LogP contribution >= 0.6 is 11.6 Å². The third-order valence-corrected chi connectivity index (χ3v) is 4.81. The molecule has 25 heavy (non-hydrogen) atoms. The first-order valence-corrected chi connectivity index (χ1v) is 8.88. The van der Waals surface area contributed by atoms with Crippen molar-refractivity contribution in [2.75, 3.05) is 13.1 Å². The lowest BCUT2D eigenvalue weighted by molar-refractivity contribution is -0.133. The lowest BCUT2D eigenvalue weighted by atomic mass is 10.0. The molecule has 1 aliphatic rings. The van der Waals surface area contributed by atoms with E-state index in [0.717, 1.165) is 36.4 Å². The van der Waals surface area contributed by atoms with E-state index < -0.39 is 0 Å². The summed E-state index contributed by atoms with van der Waals surface area (Å²) in [5, 5.41) is 4.43. The van der Waals surface area contributed by atoms with Crippen LogP contribution in [-0.4, -0.2) is 40.1 Å². The second-order valence-electron chi connectivity index (χ2n) is 6.33. The molecule has 1 atom stereocenters. The molecule has 1 fully saturated rings. The van der Waals surface area contributed by atoms with Gasteiger partial charge >= 0.3 is 0 Å². The van der Waals surface area contributed by atoms with E-state index in [0.29, 0.717) is 30.2 Å². The minimum atomic E-state index is -0.0448. The second-order valence-corrected chi connectivity index (χ2v) is 6.74. The Labute approximate surface area is 152 Å². The molecule has 134 valence electrons. The Hall–Kier alpha value is -2.08. The standard InChI is InChI=1S/C18H22ClN3O3/c1-12-15(13(2)25-21-12)5-6-18(23)22-9-3-4-14(11-22)24-17-7-8-20-10-16(17)19/h7-8,10,14H,3-6,9,11H2,1-2H3. The number of nitrogens with zero attached hydrogens (tertiary/aromatic N) is 3. The highest BCUT2D eigenvalue weighted by Crippen LogP contribution is 2.26. The monoisotopic (exact) mass is 363 g/mol. The average Bonchev–Trinajstić information content (AvgIpc) is 2.93. The van der Waals surface area contributed by atoms with Crippen molar-refractivity contribution in [2.45, 2.75) is 45.6 Å². The first-order valence-electron chi connectivity index (χ1n) is 8.50. The fourth-order valence-electron chi connectivity index (χ4n) is 3.15. The van der Waals surface area contributed by atoms with Crippen LogP contribution in [0.4, 0.5) is 0 Å². The molecule has 0 spiro atoms. The number of carbonyl (C=O) groups excluding carboxylic acids is 1. The molecular formula is C18H22ClN3O3. The van der Waals surface area contributed by atoms with E-state index in [4.69, 9.17) is 20.9 Å². The molecule has 1 aliphatic heterocycles. The minimum Gasteiger partial charge on any atom is -0.487 e. The summed E-state index contributed by atoms with van der Waals surface area (Å²) in [6.07, 6.45) is 6.10. The normalized spacial score (nSPS) is 17.6. The van der Waals surface area contributed by atoms with Crippen molar-refractivity contribution >= 4 is 17.5 Å². The van der Waals surface area contributed by atoms with Crippen LogP contribution < -0.4 is 4.74 Å². The summed E-state index contributed by atoms with van der Waals surface area (Å²) in [6.45, 7) is 5.13. The number of pyridine rings is 1. The van der Waals surface area contributed by atoms with Crippen LogP contribution in [0.1, 0.15) is 36.3 Å². The summed E-state index contributed by atoms with van der Waals surface area (Å²) in [4.78, 5) is 18.4. The van der Waals surface area contributed by atoms with Crippen LogP contribution in [0.25, 0.3) is 0 Å². The fraction of sp³-hybridized carbons (Fsp3) is 0.500. The van der Waals surface area contributed by atoms with Gasteiger partial charge in [-0.15, -0.1) is 0 Å². The van der Waals surface area contributed by atoms with Crippen LogP contribution in [0.2, 0.25) is 5.02 Å². The highest BCUT2D eigenvalue weighted by atomic mass is 35.5. The third kappa shape index (κ3) is 4.31. The molecule has 0 aliphatic carbocycles. The Bertz CT molecular complexity index is 727. The van der Waals surface area contributed by atoms with Crippen molar-refractivity contribution in [1.82, 2.24) is 15.0 Å².